The van der Waals surface area contributed by atoms with E-state index in [1.165, 1.54) is 0 Å². The summed E-state index contributed by atoms with van der Waals surface area (Å²) in [6, 6.07) is 3.96. The zero-order chi connectivity index (χ0) is 13.3. The summed E-state index contributed by atoms with van der Waals surface area (Å²) in [5, 5.41) is 5.96. The lowest BCUT2D eigenvalue weighted by Gasteiger charge is -2.02. The average molecular weight is 282 g/mol. The molecule has 0 saturated heterocycles. The van der Waals surface area contributed by atoms with Crippen molar-refractivity contribution in [3.8, 4) is 10.7 Å². The minimum atomic E-state index is 0.637. The van der Waals surface area contributed by atoms with Gasteiger partial charge in [0.2, 0.25) is 11.7 Å². The van der Waals surface area contributed by atoms with Crippen LogP contribution in [-0.2, 0) is 15.9 Å². The maximum atomic E-state index is 5.42. The molecule has 19 heavy (non-hydrogen) atoms. The van der Waals surface area contributed by atoms with E-state index >= 15 is 0 Å². The van der Waals surface area contributed by atoms with Crippen molar-refractivity contribution in [2.24, 2.45) is 0 Å². The molecule has 0 atom stereocenters. The third-order valence-corrected chi connectivity index (χ3v) is 3.33. The lowest BCUT2D eigenvalue weighted by Crippen LogP contribution is -2.05. The summed E-state index contributed by atoms with van der Waals surface area (Å²) in [6.45, 7) is 4.68. The molecule has 0 aliphatic heterocycles. The molecule has 0 spiro atoms. The van der Waals surface area contributed by atoms with Gasteiger partial charge in [-0.1, -0.05) is 11.2 Å². The second kappa shape index (κ2) is 8.04. The molecule has 2 aromatic rings. The summed E-state index contributed by atoms with van der Waals surface area (Å²) < 4.78 is 15.8. The predicted molar refractivity (Wildman–Crippen MR) is 73.2 cm³/mol. The molecule has 0 saturated carbocycles. The lowest BCUT2D eigenvalue weighted by molar-refractivity contribution is 0.0515. The molecule has 104 valence electrons. The van der Waals surface area contributed by atoms with E-state index in [4.69, 9.17) is 14.0 Å². The van der Waals surface area contributed by atoms with E-state index in [2.05, 4.69) is 10.1 Å². The first kappa shape index (κ1) is 14.2. The van der Waals surface area contributed by atoms with Crippen LogP contribution in [0.3, 0.4) is 0 Å². The third-order valence-electron chi connectivity index (χ3n) is 2.47. The largest absolute Gasteiger partial charge is 0.379 e. The molecule has 0 aliphatic carbocycles. The fourth-order valence-electron chi connectivity index (χ4n) is 1.55. The summed E-state index contributed by atoms with van der Waals surface area (Å²) >= 11 is 1.61. The SMILES string of the molecule is CCOCCOCCCc1nc(-c2cccs2)no1. The van der Waals surface area contributed by atoms with E-state index in [0.29, 0.717) is 31.5 Å². The molecule has 0 aliphatic rings. The molecule has 0 fully saturated rings. The molecule has 2 aromatic heterocycles. The second-order valence-corrected chi connectivity index (χ2v) is 4.85. The van der Waals surface area contributed by atoms with E-state index in [9.17, 15) is 0 Å². The Balaban J connectivity index is 1.64. The Morgan fingerprint density at radius 2 is 2.16 bits per heavy atom. The third kappa shape index (κ3) is 4.74. The van der Waals surface area contributed by atoms with Gasteiger partial charge in [0.1, 0.15) is 0 Å². The normalized spacial score (nSPS) is 11.0. The van der Waals surface area contributed by atoms with E-state index in [1.807, 2.05) is 24.4 Å². The monoisotopic (exact) mass is 282 g/mol. The fraction of sp³-hybridized carbons (Fsp3) is 0.538. The van der Waals surface area contributed by atoms with Crippen molar-refractivity contribution in [1.82, 2.24) is 10.1 Å². The number of thiophene rings is 1. The van der Waals surface area contributed by atoms with E-state index in [1.54, 1.807) is 11.3 Å². The topological polar surface area (TPSA) is 57.4 Å². The van der Waals surface area contributed by atoms with Crippen LogP contribution in [0.4, 0.5) is 0 Å². The molecule has 0 unspecified atom stereocenters. The molecule has 0 bridgehead atoms. The van der Waals surface area contributed by atoms with Gasteiger partial charge in [0, 0.05) is 19.6 Å². The molecule has 6 heteroatoms. The maximum absolute atomic E-state index is 5.42. The number of ether oxygens (including phenoxy) is 2. The van der Waals surface area contributed by atoms with Crippen molar-refractivity contribution in [2.45, 2.75) is 19.8 Å². The van der Waals surface area contributed by atoms with E-state index in [0.717, 1.165) is 24.3 Å². The Hall–Kier alpha value is -1.24. The number of aromatic nitrogens is 2. The minimum Gasteiger partial charge on any atom is -0.379 e. The molecule has 2 heterocycles. The van der Waals surface area contributed by atoms with Gasteiger partial charge in [-0.3, -0.25) is 0 Å². The number of hydrogen-bond acceptors (Lipinski definition) is 6. The van der Waals surface area contributed by atoms with Crippen LogP contribution < -0.4 is 0 Å². The smallest absolute Gasteiger partial charge is 0.227 e. The van der Waals surface area contributed by atoms with Crippen LogP contribution in [0.1, 0.15) is 19.2 Å². The standard InChI is InChI=1S/C13H18N2O3S/c1-2-16-8-9-17-7-3-6-12-14-13(15-18-12)11-5-4-10-19-11/h4-5,10H,2-3,6-9H2,1H3. The Labute approximate surface area is 116 Å². The van der Waals surface area contributed by atoms with Crippen LogP contribution in [0.25, 0.3) is 10.7 Å². The maximum Gasteiger partial charge on any atom is 0.227 e. The quantitative estimate of drug-likeness (QED) is 0.662. The van der Waals surface area contributed by atoms with Crippen LogP contribution in [0.2, 0.25) is 0 Å². The van der Waals surface area contributed by atoms with Crippen LogP contribution >= 0.6 is 11.3 Å². The Bertz CT molecular complexity index is 456. The number of aryl methyl sites for hydroxylation is 1. The van der Waals surface area contributed by atoms with Gasteiger partial charge < -0.3 is 14.0 Å². The molecule has 5 nitrogen and oxygen atoms in total. The Kier molecular flexibility index (Phi) is 6.00. The zero-order valence-electron chi connectivity index (χ0n) is 11.0. The molecular formula is C13H18N2O3S. The van der Waals surface area contributed by atoms with Crippen molar-refractivity contribution >= 4 is 11.3 Å². The van der Waals surface area contributed by atoms with Crippen molar-refractivity contribution in [1.29, 1.82) is 0 Å². The van der Waals surface area contributed by atoms with Gasteiger partial charge in [-0.2, -0.15) is 4.98 Å². The summed E-state index contributed by atoms with van der Waals surface area (Å²) in [6.07, 6.45) is 1.62. The fourth-order valence-corrected chi connectivity index (χ4v) is 2.20. The highest BCUT2D eigenvalue weighted by molar-refractivity contribution is 7.13. The van der Waals surface area contributed by atoms with Crippen molar-refractivity contribution in [3.05, 3.63) is 23.4 Å². The molecular weight excluding hydrogens is 264 g/mol. The first-order chi connectivity index (χ1) is 9.40. The average Bonchev–Trinajstić information content (AvgIpc) is 3.08. The minimum absolute atomic E-state index is 0.637. The number of nitrogens with zero attached hydrogens (tertiary/aromatic N) is 2. The van der Waals surface area contributed by atoms with Crippen molar-refractivity contribution < 1.29 is 14.0 Å². The number of rotatable bonds is 9. The number of hydrogen-bond donors (Lipinski definition) is 0. The van der Waals surface area contributed by atoms with Gasteiger partial charge in [-0.05, 0) is 24.8 Å². The van der Waals surface area contributed by atoms with E-state index < -0.39 is 0 Å². The first-order valence-corrected chi connectivity index (χ1v) is 7.30. The van der Waals surface area contributed by atoms with Gasteiger partial charge in [-0.15, -0.1) is 11.3 Å². The lowest BCUT2D eigenvalue weighted by atomic mass is 10.3. The van der Waals surface area contributed by atoms with Crippen molar-refractivity contribution in [2.75, 3.05) is 26.4 Å². The molecule has 0 radical (unpaired) electrons. The Morgan fingerprint density at radius 3 is 2.95 bits per heavy atom. The summed E-state index contributed by atoms with van der Waals surface area (Å²) in [7, 11) is 0. The summed E-state index contributed by atoms with van der Waals surface area (Å²) in [5.41, 5.74) is 0. The van der Waals surface area contributed by atoms with Crippen LogP contribution in [0.15, 0.2) is 22.0 Å². The van der Waals surface area contributed by atoms with E-state index in [-0.39, 0.29) is 0 Å². The summed E-state index contributed by atoms with van der Waals surface area (Å²) in [5.74, 6) is 1.33. The van der Waals surface area contributed by atoms with Gasteiger partial charge in [-0.25, -0.2) is 0 Å². The van der Waals surface area contributed by atoms with Crippen LogP contribution in [0.5, 0.6) is 0 Å². The highest BCUT2D eigenvalue weighted by Crippen LogP contribution is 2.21. The molecule has 0 aromatic carbocycles. The summed E-state index contributed by atoms with van der Waals surface area (Å²) in [4.78, 5) is 5.38. The van der Waals surface area contributed by atoms with Gasteiger partial charge >= 0.3 is 0 Å². The van der Waals surface area contributed by atoms with Gasteiger partial charge in [0.05, 0.1) is 18.1 Å². The van der Waals surface area contributed by atoms with Gasteiger partial charge in [0.15, 0.2) is 0 Å². The van der Waals surface area contributed by atoms with Crippen LogP contribution in [0, 0.1) is 0 Å². The zero-order valence-corrected chi connectivity index (χ0v) is 11.8. The van der Waals surface area contributed by atoms with Crippen molar-refractivity contribution in [3.63, 3.8) is 0 Å². The van der Waals surface area contributed by atoms with Crippen LogP contribution in [-0.4, -0.2) is 36.6 Å². The Morgan fingerprint density at radius 1 is 1.26 bits per heavy atom. The first-order valence-electron chi connectivity index (χ1n) is 6.42. The highest BCUT2D eigenvalue weighted by atomic mass is 32.1. The predicted octanol–water partition coefficient (Wildman–Crippen LogP) is 2.78. The second-order valence-electron chi connectivity index (χ2n) is 3.90. The highest BCUT2D eigenvalue weighted by Gasteiger charge is 2.08. The molecule has 0 N–H and O–H groups in total. The van der Waals surface area contributed by atoms with Gasteiger partial charge in [0.25, 0.3) is 0 Å². The molecule has 0 amide bonds. The molecule has 2 rings (SSSR count).